The van der Waals surface area contributed by atoms with Crippen LogP contribution >= 0.6 is 15.9 Å². The van der Waals surface area contributed by atoms with Crippen LogP contribution in [0, 0.1) is 6.92 Å². The largest absolute Gasteiger partial charge is 0.492 e. The third kappa shape index (κ3) is 6.08. The molecule has 1 N–H and O–H groups in total. The lowest BCUT2D eigenvalue weighted by Gasteiger charge is -2.10. The van der Waals surface area contributed by atoms with Crippen LogP contribution in [0.3, 0.4) is 0 Å². The van der Waals surface area contributed by atoms with Gasteiger partial charge in [-0.2, -0.15) is 0 Å². The Labute approximate surface area is 113 Å². The molecule has 1 aromatic rings. The summed E-state index contributed by atoms with van der Waals surface area (Å²) in [7, 11) is 0. The predicted molar refractivity (Wildman–Crippen MR) is 76.8 cm³/mol. The van der Waals surface area contributed by atoms with Gasteiger partial charge < -0.3 is 10.1 Å². The van der Waals surface area contributed by atoms with Crippen LogP contribution < -0.4 is 10.1 Å². The summed E-state index contributed by atoms with van der Waals surface area (Å²) in [5, 5.41) is 3.39. The molecule has 0 saturated heterocycles. The van der Waals surface area contributed by atoms with Crippen molar-refractivity contribution in [1.82, 2.24) is 5.32 Å². The molecule has 0 aliphatic carbocycles. The first kappa shape index (κ1) is 14.5. The highest BCUT2D eigenvalue weighted by Gasteiger charge is 1.99. The van der Waals surface area contributed by atoms with Crippen LogP contribution in [0.4, 0.5) is 0 Å². The monoisotopic (exact) mass is 299 g/mol. The first-order chi connectivity index (χ1) is 8.24. The van der Waals surface area contributed by atoms with E-state index in [1.165, 1.54) is 24.8 Å². The lowest BCUT2D eigenvalue weighted by atomic mass is 10.2. The molecule has 0 aliphatic heterocycles. The Balaban J connectivity index is 2.14. The van der Waals surface area contributed by atoms with Crippen molar-refractivity contribution in [3.63, 3.8) is 0 Å². The maximum absolute atomic E-state index is 5.71. The van der Waals surface area contributed by atoms with Crippen LogP contribution in [0.2, 0.25) is 0 Å². The number of ether oxygens (including phenoxy) is 1. The summed E-state index contributed by atoms with van der Waals surface area (Å²) in [5.74, 6) is 0.976. The van der Waals surface area contributed by atoms with Gasteiger partial charge in [0, 0.05) is 11.0 Å². The van der Waals surface area contributed by atoms with Crippen LogP contribution in [0.15, 0.2) is 22.7 Å². The molecule has 0 bridgehead atoms. The van der Waals surface area contributed by atoms with E-state index < -0.39 is 0 Å². The van der Waals surface area contributed by atoms with Gasteiger partial charge in [-0.25, -0.2) is 0 Å². The molecule has 0 saturated carbocycles. The van der Waals surface area contributed by atoms with Crippen LogP contribution in [0.1, 0.15) is 31.7 Å². The standard InChI is InChI=1S/C14H22BrNO/c1-3-4-5-8-16-9-10-17-14-7-6-13(15)11-12(14)2/h6-7,11,16H,3-5,8-10H2,1-2H3. The molecule has 0 spiro atoms. The van der Waals surface area contributed by atoms with Crippen LogP contribution in [-0.2, 0) is 0 Å². The number of unbranched alkanes of at least 4 members (excludes halogenated alkanes) is 2. The Hall–Kier alpha value is -0.540. The Morgan fingerprint density at radius 3 is 2.76 bits per heavy atom. The molecular formula is C14H22BrNO. The van der Waals surface area contributed by atoms with Crippen molar-refractivity contribution in [3.8, 4) is 5.75 Å². The van der Waals surface area contributed by atoms with Crippen molar-refractivity contribution >= 4 is 15.9 Å². The van der Waals surface area contributed by atoms with Crippen molar-refractivity contribution < 1.29 is 4.74 Å². The lowest BCUT2D eigenvalue weighted by Crippen LogP contribution is -2.22. The van der Waals surface area contributed by atoms with Gasteiger partial charge in [0.1, 0.15) is 12.4 Å². The van der Waals surface area contributed by atoms with Gasteiger partial charge in [-0.1, -0.05) is 35.7 Å². The highest BCUT2D eigenvalue weighted by molar-refractivity contribution is 9.10. The highest BCUT2D eigenvalue weighted by Crippen LogP contribution is 2.21. The van der Waals surface area contributed by atoms with Crippen molar-refractivity contribution in [2.75, 3.05) is 19.7 Å². The predicted octanol–water partition coefficient (Wildman–Crippen LogP) is 3.92. The number of rotatable bonds is 8. The van der Waals surface area contributed by atoms with Crippen molar-refractivity contribution in [2.24, 2.45) is 0 Å². The summed E-state index contributed by atoms with van der Waals surface area (Å²) in [5.41, 5.74) is 1.17. The zero-order valence-corrected chi connectivity index (χ0v) is 12.3. The first-order valence-corrected chi connectivity index (χ1v) is 7.13. The van der Waals surface area contributed by atoms with Crippen molar-refractivity contribution in [1.29, 1.82) is 0 Å². The molecule has 17 heavy (non-hydrogen) atoms. The SMILES string of the molecule is CCCCCNCCOc1ccc(Br)cc1C. The summed E-state index contributed by atoms with van der Waals surface area (Å²) in [6.07, 6.45) is 3.84. The molecule has 0 atom stereocenters. The number of hydrogen-bond acceptors (Lipinski definition) is 2. The Morgan fingerprint density at radius 1 is 1.24 bits per heavy atom. The molecule has 0 aromatic heterocycles. The number of nitrogens with one attached hydrogen (secondary N) is 1. The topological polar surface area (TPSA) is 21.3 Å². The van der Waals surface area contributed by atoms with Crippen LogP contribution in [-0.4, -0.2) is 19.7 Å². The van der Waals surface area contributed by atoms with Gasteiger partial charge in [-0.05, 0) is 43.7 Å². The second kappa shape index (κ2) is 8.54. The van der Waals surface area contributed by atoms with E-state index in [1.807, 2.05) is 12.1 Å². The third-order valence-electron chi connectivity index (χ3n) is 2.63. The van der Waals surface area contributed by atoms with Crippen molar-refractivity contribution in [3.05, 3.63) is 28.2 Å². The van der Waals surface area contributed by atoms with Crippen LogP contribution in [0.5, 0.6) is 5.75 Å². The third-order valence-corrected chi connectivity index (χ3v) is 3.12. The summed E-state index contributed by atoms with van der Waals surface area (Å²) >= 11 is 3.45. The molecule has 0 aliphatic rings. The fourth-order valence-electron chi connectivity index (χ4n) is 1.63. The molecule has 1 rings (SSSR count). The molecule has 0 amide bonds. The van der Waals surface area contributed by atoms with Gasteiger partial charge in [-0.15, -0.1) is 0 Å². The molecule has 2 nitrogen and oxygen atoms in total. The fraction of sp³-hybridized carbons (Fsp3) is 0.571. The molecule has 0 heterocycles. The van der Waals surface area contributed by atoms with Crippen LogP contribution in [0.25, 0.3) is 0 Å². The smallest absolute Gasteiger partial charge is 0.122 e. The highest BCUT2D eigenvalue weighted by atomic mass is 79.9. The normalized spacial score (nSPS) is 10.5. The Morgan fingerprint density at radius 2 is 2.06 bits per heavy atom. The minimum atomic E-state index is 0.731. The maximum Gasteiger partial charge on any atom is 0.122 e. The number of halogens is 1. The van der Waals surface area contributed by atoms with E-state index in [9.17, 15) is 0 Å². The Bertz CT molecular complexity index is 328. The summed E-state index contributed by atoms with van der Waals surface area (Å²) < 4.78 is 6.81. The molecule has 0 unspecified atom stereocenters. The maximum atomic E-state index is 5.71. The second-order valence-electron chi connectivity index (χ2n) is 4.22. The zero-order valence-electron chi connectivity index (χ0n) is 10.8. The molecular weight excluding hydrogens is 278 g/mol. The van der Waals surface area contributed by atoms with E-state index >= 15 is 0 Å². The van der Waals surface area contributed by atoms with E-state index in [0.717, 1.165) is 29.9 Å². The van der Waals surface area contributed by atoms with Gasteiger partial charge in [0.15, 0.2) is 0 Å². The van der Waals surface area contributed by atoms with Gasteiger partial charge in [0.2, 0.25) is 0 Å². The molecule has 96 valence electrons. The molecule has 1 aromatic carbocycles. The first-order valence-electron chi connectivity index (χ1n) is 6.33. The molecule has 3 heteroatoms. The molecule has 0 fully saturated rings. The summed E-state index contributed by atoms with van der Waals surface area (Å²) in [6.45, 7) is 7.03. The van der Waals surface area contributed by atoms with E-state index in [4.69, 9.17) is 4.74 Å². The van der Waals surface area contributed by atoms with E-state index in [1.54, 1.807) is 0 Å². The van der Waals surface area contributed by atoms with E-state index in [-0.39, 0.29) is 0 Å². The fourth-order valence-corrected chi connectivity index (χ4v) is 2.11. The minimum absolute atomic E-state index is 0.731. The second-order valence-corrected chi connectivity index (χ2v) is 5.13. The van der Waals surface area contributed by atoms with E-state index in [2.05, 4.69) is 41.2 Å². The summed E-state index contributed by atoms with van der Waals surface area (Å²) in [4.78, 5) is 0. The zero-order chi connectivity index (χ0) is 12.5. The van der Waals surface area contributed by atoms with Gasteiger partial charge >= 0.3 is 0 Å². The van der Waals surface area contributed by atoms with Gasteiger partial charge in [0.05, 0.1) is 0 Å². The number of hydrogen-bond donors (Lipinski definition) is 1. The number of benzene rings is 1. The quantitative estimate of drug-likeness (QED) is 0.735. The Kier molecular flexibility index (Phi) is 7.29. The minimum Gasteiger partial charge on any atom is -0.492 e. The van der Waals surface area contributed by atoms with E-state index in [0.29, 0.717) is 0 Å². The molecule has 0 radical (unpaired) electrons. The summed E-state index contributed by atoms with van der Waals surface area (Å²) in [6, 6.07) is 6.09. The van der Waals surface area contributed by atoms with Crippen molar-refractivity contribution in [2.45, 2.75) is 33.1 Å². The number of aryl methyl sites for hydroxylation is 1. The lowest BCUT2D eigenvalue weighted by molar-refractivity contribution is 0.311. The van der Waals surface area contributed by atoms with Gasteiger partial charge in [0.25, 0.3) is 0 Å². The van der Waals surface area contributed by atoms with Gasteiger partial charge in [-0.3, -0.25) is 0 Å². The average Bonchev–Trinajstić information content (AvgIpc) is 2.30. The average molecular weight is 300 g/mol.